The largest absolute Gasteiger partial charge is 0.352 e. The zero-order valence-electron chi connectivity index (χ0n) is 16.9. The quantitative estimate of drug-likeness (QED) is 0.721. The average Bonchev–Trinajstić information content (AvgIpc) is 3.15. The van der Waals surface area contributed by atoms with Crippen molar-refractivity contribution in [3.05, 3.63) is 18.0 Å². The fraction of sp³-hybridized carbons (Fsp3) is 0.750. The average molecular weight is 412 g/mol. The van der Waals surface area contributed by atoms with E-state index in [2.05, 4.69) is 15.7 Å². The van der Waals surface area contributed by atoms with Crippen molar-refractivity contribution in [1.29, 1.82) is 0 Å². The van der Waals surface area contributed by atoms with Gasteiger partial charge in [0.05, 0.1) is 11.8 Å². The van der Waals surface area contributed by atoms with Crippen LogP contribution in [0.1, 0.15) is 61.7 Å². The lowest BCUT2D eigenvalue weighted by atomic mass is 9.93. The summed E-state index contributed by atoms with van der Waals surface area (Å²) < 4.78 is 1.57. The number of carbonyl (C=O) groups excluding carboxylic acids is 2. The van der Waals surface area contributed by atoms with Crippen molar-refractivity contribution >= 4 is 24.2 Å². The van der Waals surface area contributed by atoms with Gasteiger partial charge in [-0.1, -0.05) is 19.3 Å². The predicted molar refractivity (Wildman–Crippen MR) is 112 cm³/mol. The van der Waals surface area contributed by atoms with Crippen LogP contribution < -0.4 is 10.6 Å². The third-order valence-electron chi connectivity index (χ3n) is 5.86. The van der Waals surface area contributed by atoms with E-state index in [1.54, 1.807) is 17.1 Å². The van der Waals surface area contributed by atoms with Crippen molar-refractivity contribution in [3.63, 3.8) is 0 Å². The molecule has 0 atom stereocenters. The van der Waals surface area contributed by atoms with Crippen LogP contribution in [-0.2, 0) is 11.3 Å². The number of likely N-dealkylation sites (tertiary alicyclic amines) is 1. The standard InChI is InChI=1S/C20H33N5O2.ClH/c1-21-10-7-16-8-11-24(12-9-16)20(27)17-13-22-25(14-17)15-19(26)23-18-5-3-2-4-6-18;/h13-14,16,18,21H,2-12,15H2,1H3,(H,23,26);1H. The molecule has 0 aromatic carbocycles. The number of halogens is 1. The first-order valence-electron chi connectivity index (χ1n) is 10.4. The van der Waals surface area contributed by atoms with Crippen LogP contribution in [0.25, 0.3) is 0 Å². The van der Waals surface area contributed by atoms with Crippen molar-refractivity contribution in [2.45, 2.75) is 64.0 Å². The number of hydrogen-bond acceptors (Lipinski definition) is 4. The lowest BCUT2D eigenvalue weighted by Crippen LogP contribution is -2.39. The Labute approximate surface area is 174 Å². The first kappa shape index (κ1) is 22.7. The smallest absolute Gasteiger partial charge is 0.257 e. The maximum atomic E-state index is 12.7. The number of piperidine rings is 1. The van der Waals surface area contributed by atoms with E-state index in [0.717, 1.165) is 45.3 Å². The molecule has 2 fully saturated rings. The van der Waals surface area contributed by atoms with E-state index < -0.39 is 0 Å². The van der Waals surface area contributed by atoms with Crippen LogP contribution in [0.3, 0.4) is 0 Å². The summed E-state index contributed by atoms with van der Waals surface area (Å²) in [5, 5.41) is 10.5. The minimum Gasteiger partial charge on any atom is -0.352 e. The van der Waals surface area contributed by atoms with E-state index in [1.807, 2.05) is 11.9 Å². The van der Waals surface area contributed by atoms with E-state index in [4.69, 9.17) is 0 Å². The summed E-state index contributed by atoms with van der Waals surface area (Å²) in [4.78, 5) is 26.8. The number of aromatic nitrogens is 2. The van der Waals surface area contributed by atoms with Crippen molar-refractivity contribution in [1.82, 2.24) is 25.3 Å². The van der Waals surface area contributed by atoms with Crippen molar-refractivity contribution in [2.24, 2.45) is 5.92 Å². The monoisotopic (exact) mass is 411 g/mol. The second-order valence-corrected chi connectivity index (χ2v) is 7.96. The highest BCUT2D eigenvalue weighted by Gasteiger charge is 2.24. The van der Waals surface area contributed by atoms with E-state index >= 15 is 0 Å². The van der Waals surface area contributed by atoms with Crippen molar-refractivity contribution < 1.29 is 9.59 Å². The normalized spacial score (nSPS) is 18.5. The first-order valence-corrected chi connectivity index (χ1v) is 10.4. The Kier molecular flexibility index (Phi) is 9.25. The summed E-state index contributed by atoms with van der Waals surface area (Å²) in [5.41, 5.74) is 0.578. The number of nitrogens with zero attached hydrogens (tertiary/aromatic N) is 3. The molecule has 1 aliphatic heterocycles. The Balaban J connectivity index is 0.00000280. The van der Waals surface area contributed by atoms with E-state index in [1.165, 1.54) is 25.7 Å². The number of amides is 2. The summed E-state index contributed by atoms with van der Waals surface area (Å²) in [7, 11) is 1.98. The Bertz CT molecular complexity index is 622. The molecule has 28 heavy (non-hydrogen) atoms. The van der Waals surface area contributed by atoms with Crippen LogP contribution in [-0.4, -0.2) is 59.2 Å². The molecule has 1 saturated carbocycles. The molecule has 2 heterocycles. The van der Waals surface area contributed by atoms with Crippen LogP contribution in [0, 0.1) is 5.92 Å². The first-order chi connectivity index (χ1) is 13.2. The van der Waals surface area contributed by atoms with Crippen LogP contribution in [0.2, 0.25) is 0 Å². The second-order valence-electron chi connectivity index (χ2n) is 7.96. The molecular weight excluding hydrogens is 378 g/mol. The van der Waals surface area contributed by atoms with Gasteiger partial charge in [0.15, 0.2) is 0 Å². The Morgan fingerprint density at radius 1 is 1.14 bits per heavy atom. The Hall–Kier alpha value is -1.60. The van der Waals surface area contributed by atoms with Gasteiger partial charge in [0, 0.05) is 25.3 Å². The number of nitrogens with one attached hydrogen (secondary N) is 2. The molecule has 2 N–H and O–H groups in total. The highest BCUT2D eigenvalue weighted by atomic mass is 35.5. The summed E-state index contributed by atoms with van der Waals surface area (Å²) in [5.74, 6) is 0.711. The number of hydrogen-bond donors (Lipinski definition) is 2. The molecule has 8 heteroatoms. The minimum absolute atomic E-state index is 0. The molecule has 0 spiro atoms. The van der Waals surface area contributed by atoms with E-state index in [0.29, 0.717) is 17.5 Å². The molecule has 7 nitrogen and oxygen atoms in total. The summed E-state index contributed by atoms with van der Waals surface area (Å²) in [6.45, 7) is 2.82. The molecule has 1 aromatic heterocycles. The molecule has 0 unspecified atom stereocenters. The molecule has 0 bridgehead atoms. The summed E-state index contributed by atoms with van der Waals surface area (Å²) in [6.07, 6.45) is 12.4. The zero-order chi connectivity index (χ0) is 19.1. The fourth-order valence-corrected chi connectivity index (χ4v) is 4.18. The van der Waals surface area contributed by atoms with Gasteiger partial charge in [0.25, 0.3) is 5.91 Å². The van der Waals surface area contributed by atoms with Gasteiger partial charge in [-0.15, -0.1) is 12.4 Å². The second kappa shape index (κ2) is 11.4. The van der Waals surface area contributed by atoms with Gasteiger partial charge in [0.1, 0.15) is 6.54 Å². The highest BCUT2D eigenvalue weighted by Crippen LogP contribution is 2.21. The van der Waals surface area contributed by atoms with Gasteiger partial charge >= 0.3 is 0 Å². The van der Waals surface area contributed by atoms with Crippen molar-refractivity contribution in [3.8, 4) is 0 Å². The molecule has 2 amide bonds. The molecule has 1 saturated heterocycles. The molecule has 1 aliphatic carbocycles. The molecule has 1 aromatic rings. The van der Waals surface area contributed by atoms with Crippen LogP contribution >= 0.6 is 12.4 Å². The van der Waals surface area contributed by atoms with Gasteiger partial charge in [-0.05, 0) is 51.6 Å². The highest BCUT2D eigenvalue weighted by molar-refractivity contribution is 5.93. The molecule has 158 valence electrons. The number of rotatable bonds is 7. The maximum absolute atomic E-state index is 12.7. The fourth-order valence-electron chi connectivity index (χ4n) is 4.18. The SMILES string of the molecule is CNCCC1CCN(C(=O)c2cnn(CC(=O)NC3CCCCC3)c2)CC1.Cl. The predicted octanol–water partition coefficient (Wildman–Crippen LogP) is 2.22. The molecule has 3 rings (SSSR count). The van der Waals surface area contributed by atoms with Crippen LogP contribution in [0.15, 0.2) is 12.4 Å². The third-order valence-corrected chi connectivity index (χ3v) is 5.86. The van der Waals surface area contributed by atoms with Gasteiger partial charge in [-0.2, -0.15) is 5.10 Å². The van der Waals surface area contributed by atoms with Gasteiger partial charge in [0.2, 0.25) is 5.91 Å². The third kappa shape index (κ3) is 6.48. The zero-order valence-corrected chi connectivity index (χ0v) is 17.7. The van der Waals surface area contributed by atoms with Crippen LogP contribution in [0.5, 0.6) is 0 Å². The van der Waals surface area contributed by atoms with Gasteiger partial charge < -0.3 is 15.5 Å². The molecule has 2 aliphatic rings. The maximum Gasteiger partial charge on any atom is 0.257 e. The molecule has 0 radical (unpaired) electrons. The van der Waals surface area contributed by atoms with Crippen LogP contribution in [0.4, 0.5) is 0 Å². The minimum atomic E-state index is -0.0191. The van der Waals surface area contributed by atoms with Gasteiger partial charge in [-0.3, -0.25) is 14.3 Å². The van der Waals surface area contributed by atoms with E-state index in [9.17, 15) is 9.59 Å². The summed E-state index contributed by atoms with van der Waals surface area (Å²) in [6, 6.07) is 0.298. The van der Waals surface area contributed by atoms with Gasteiger partial charge in [-0.25, -0.2) is 0 Å². The molecular formula is C20H34ClN5O2. The van der Waals surface area contributed by atoms with Crippen molar-refractivity contribution in [2.75, 3.05) is 26.7 Å². The summed E-state index contributed by atoms with van der Waals surface area (Å²) >= 11 is 0. The van der Waals surface area contributed by atoms with E-state index in [-0.39, 0.29) is 30.8 Å². The number of carbonyl (C=O) groups is 2. The lowest BCUT2D eigenvalue weighted by Gasteiger charge is -2.31. The lowest BCUT2D eigenvalue weighted by molar-refractivity contribution is -0.122. The Morgan fingerprint density at radius 2 is 1.86 bits per heavy atom. The Morgan fingerprint density at radius 3 is 2.54 bits per heavy atom. The topological polar surface area (TPSA) is 79.3 Å².